The summed E-state index contributed by atoms with van der Waals surface area (Å²) in [4.78, 5) is 15.1. The number of hydrogen-bond acceptors (Lipinski definition) is 5. The third-order valence-corrected chi connectivity index (χ3v) is 5.75. The SMILES string of the molecule is COC1=C2c3cc4c(cc3CCN3CCC[C@]23CC1=O)OCO4. The van der Waals surface area contributed by atoms with Crippen molar-refractivity contribution in [3.63, 3.8) is 0 Å². The summed E-state index contributed by atoms with van der Waals surface area (Å²) in [6, 6.07) is 4.13. The Balaban J connectivity index is 1.79. The Morgan fingerprint density at radius 2 is 2.04 bits per heavy atom. The zero-order chi connectivity index (χ0) is 15.6. The number of nitrogens with zero attached hydrogens (tertiary/aromatic N) is 1. The molecule has 5 nitrogen and oxygen atoms in total. The minimum atomic E-state index is -0.179. The predicted molar refractivity (Wildman–Crippen MR) is 83.4 cm³/mol. The second-order valence-corrected chi connectivity index (χ2v) is 6.74. The molecule has 0 aromatic heterocycles. The highest BCUT2D eigenvalue weighted by Crippen LogP contribution is 2.53. The first-order valence-corrected chi connectivity index (χ1v) is 8.23. The molecule has 0 saturated carbocycles. The number of carbonyl (C=O) groups is 1. The third-order valence-electron chi connectivity index (χ3n) is 5.75. The fourth-order valence-corrected chi connectivity index (χ4v) is 4.80. The van der Waals surface area contributed by atoms with Crippen LogP contribution in [-0.2, 0) is 16.0 Å². The molecule has 1 spiro atoms. The minimum absolute atomic E-state index is 0.125. The first-order chi connectivity index (χ1) is 11.2. The predicted octanol–water partition coefficient (Wildman–Crippen LogP) is 2.14. The number of fused-ring (bicyclic) bond motifs is 3. The van der Waals surface area contributed by atoms with Crippen LogP contribution in [0, 0.1) is 0 Å². The molecule has 0 radical (unpaired) electrons. The van der Waals surface area contributed by atoms with Gasteiger partial charge in [0.2, 0.25) is 6.79 Å². The number of allylic oxidation sites excluding steroid dienone is 1. The quantitative estimate of drug-likeness (QED) is 0.795. The van der Waals surface area contributed by atoms with Gasteiger partial charge in [-0.3, -0.25) is 9.69 Å². The average molecular weight is 313 g/mol. The number of ketones is 1. The van der Waals surface area contributed by atoms with E-state index in [1.54, 1.807) is 7.11 Å². The van der Waals surface area contributed by atoms with Gasteiger partial charge in [0, 0.05) is 18.5 Å². The highest BCUT2D eigenvalue weighted by Gasteiger charge is 2.54. The normalized spacial score (nSPS) is 28.5. The van der Waals surface area contributed by atoms with E-state index in [1.165, 1.54) is 5.56 Å². The second-order valence-electron chi connectivity index (χ2n) is 6.74. The van der Waals surface area contributed by atoms with E-state index in [1.807, 2.05) is 6.07 Å². The zero-order valence-corrected chi connectivity index (χ0v) is 13.2. The van der Waals surface area contributed by atoms with E-state index in [0.717, 1.165) is 55.0 Å². The van der Waals surface area contributed by atoms with Gasteiger partial charge in [-0.25, -0.2) is 0 Å². The number of methoxy groups -OCH3 is 1. The summed E-state index contributed by atoms with van der Waals surface area (Å²) in [6.45, 7) is 2.29. The van der Waals surface area contributed by atoms with Crippen molar-refractivity contribution in [2.24, 2.45) is 0 Å². The Labute approximate surface area is 134 Å². The molecule has 1 aromatic rings. The van der Waals surface area contributed by atoms with Crippen molar-refractivity contribution >= 4 is 11.4 Å². The van der Waals surface area contributed by atoms with Crippen LogP contribution in [0.2, 0.25) is 0 Å². The largest absolute Gasteiger partial charge is 0.493 e. The van der Waals surface area contributed by atoms with Crippen LogP contribution in [0.15, 0.2) is 17.9 Å². The third kappa shape index (κ3) is 1.63. The molecule has 5 heteroatoms. The molecule has 1 aliphatic carbocycles. The van der Waals surface area contributed by atoms with Crippen LogP contribution < -0.4 is 9.47 Å². The Morgan fingerprint density at radius 1 is 1.22 bits per heavy atom. The van der Waals surface area contributed by atoms with Crippen molar-refractivity contribution in [2.45, 2.75) is 31.2 Å². The highest BCUT2D eigenvalue weighted by atomic mass is 16.7. The number of carbonyl (C=O) groups excluding carboxylic acids is 1. The summed E-state index contributed by atoms with van der Waals surface area (Å²) < 4.78 is 16.7. The maximum atomic E-state index is 12.6. The Bertz CT molecular complexity index is 754. The minimum Gasteiger partial charge on any atom is -0.493 e. The van der Waals surface area contributed by atoms with Gasteiger partial charge in [-0.05, 0) is 49.1 Å². The van der Waals surface area contributed by atoms with Crippen LogP contribution in [-0.4, -0.2) is 43.2 Å². The smallest absolute Gasteiger partial charge is 0.231 e. The molecule has 1 aromatic carbocycles. The molecule has 0 N–H and O–H groups in total. The molecule has 1 fully saturated rings. The first-order valence-electron chi connectivity index (χ1n) is 8.23. The number of benzene rings is 1. The Morgan fingerprint density at radius 3 is 2.87 bits per heavy atom. The summed E-state index contributed by atoms with van der Waals surface area (Å²) >= 11 is 0. The van der Waals surface area contributed by atoms with E-state index >= 15 is 0 Å². The summed E-state index contributed by atoms with van der Waals surface area (Å²) in [5.74, 6) is 2.25. The molecule has 1 saturated heterocycles. The van der Waals surface area contributed by atoms with Crippen molar-refractivity contribution in [1.29, 1.82) is 0 Å². The van der Waals surface area contributed by atoms with E-state index in [9.17, 15) is 4.79 Å². The molecular formula is C18H19NO4. The standard InChI is InChI=1S/C18H19NO4/c1-21-17-13(20)9-18-4-2-5-19(18)6-3-11-7-14-15(23-10-22-14)8-12(11)16(17)18/h7-8H,2-6,9-10H2,1H3/t18-/m0/s1. The monoisotopic (exact) mass is 313 g/mol. The van der Waals surface area contributed by atoms with Crippen molar-refractivity contribution in [1.82, 2.24) is 4.90 Å². The van der Waals surface area contributed by atoms with Crippen molar-refractivity contribution in [2.75, 3.05) is 27.0 Å². The van der Waals surface area contributed by atoms with E-state index < -0.39 is 0 Å². The zero-order valence-electron chi connectivity index (χ0n) is 13.2. The van der Waals surface area contributed by atoms with Gasteiger partial charge in [-0.2, -0.15) is 0 Å². The maximum Gasteiger partial charge on any atom is 0.231 e. The van der Waals surface area contributed by atoms with E-state index in [4.69, 9.17) is 14.2 Å². The number of ether oxygens (including phenoxy) is 3. The van der Waals surface area contributed by atoms with Gasteiger partial charge in [0.1, 0.15) is 0 Å². The number of rotatable bonds is 1. The number of hydrogen-bond donors (Lipinski definition) is 0. The topological polar surface area (TPSA) is 48.0 Å². The molecule has 0 unspecified atom stereocenters. The number of Topliss-reactive ketones (excluding diaryl/α,β-unsaturated/α-hetero) is 1. The summed E-state index contributed by atoms with van der Waals surface area (Å²) in [5, 5.41) is 0. The molecule has 1 atom stereocenters. The van der Waals surface area contributed by atoms with E-state index in [-0.39, 0.29) is 18.1 Å². The van der Waals surface area contributed by atoms with Crippen LogP contribution in [0.25, 0.3) is 5.57 Å². The van der Waals surface area contributed by atoms with Gasteiger partial charge in [0.05, 0.1) is 12.6 Å². The van der Waals surface area contributed by atoms with Gasteiger partial charge >= 0.3 is 0 Å². The van der Waals surface area contributed by atoms with Crippen molar-refractivity contribution < 1.29 is 19.0 Å². The van der Waals surface area contributed by atoms with Gasteiger partial charge in [0.15, 0.2) is 23.0 Å². The molecule has 3 aliphatic heterocycles. The van der Waals surface area contributed by atoms with Gasteiger partial charge in [-0.15, -0.1) is 0 Å². The molecule has 4 aliphatic rings. The van der Waals surface area contributed by atoms with Crippen molar-refractivity contribution in [3.05, 3.63) is 29.0 Å². The fraction of sp³-hybridized carbons (Fsp3) is 0.500. The molecular weight excluding hydrogens is 294 g/mol. The van der Waals surface area contributed by atoms with Crippen LogP contribution >= 0.6 is 0 Å². The maximum absolute atomic E-state index is 12.6. The molecule has 0 amide bonds. The summed E-state index contributed by atoms with van der Waals surface area (Å²) in [5.41, 5.74) is 3.23. The molecule has 120 valence electrons. The lowest BCUT2D eigenvalue weighted by molar-refractivity contribution is -0.118. The van der Waals surface area contributed by atoms with Gasteiger partial charge < -0.3 is 14.2 Å². The van der Waals surface area contributed by atoms with Crippen LogP contribution in [0.4, 0.5) is 0 Å². The van der Waals surface area contributed by atoms with Crippen LogP contribution in [0.3, 0.4) is 0 Å². The molecule has 23 heavy (non-hydrogen) atoms. The average Bonchev–Trinajstić information content (AvgIpc) is 3.20. The van der Waals surface area contributed by atoms with Crippen LogP contribution in [0.1, 0.15) is 30.4 Å². The Kier molecular flexibility index (Phi) is 2.63. The lowest BCUT2D eigenvalue weighted by Crippen LogP contribution is -2.43. The summed E-state index contributed by atoms with van der Waals surface area (Å²) in [7, 11) is 1.61. The van der Waals surface area contributed by atoms with Crippen LogP contribution in [0.5, 0.6) is 11.5 Å². The second kappa shape index (κ2) is 4.51. The first kappa shape index (κ1) is 13.4. The molecule has 3 heterocycles. The van der Waals surface area contributed by atoms with E-state index in [2.05, 4.69) is 11.0 Å². The van der Waals surface area contributed by atoms with Gasteiger partial charge in [-0.1, -0.05) is 0 Å². The lowest BCUT2D eigenvalue weighted by Gasteiger charge is -2.35. The van der Waals surface area contributed by atoms with Gasteiger partial charge in [0.25, 0.3) is 0 Å². The highest BCUT2D eigenvalue weighted by molar-refractivity contribution is 6.09. The fourth-order valence-electron chi connectivity index (χ4n) is 4.80. The molecule has 5 rings (SSSR count). The summed E-state index contributed by atoms with van der Waals surface area (Å²) in [6.07, 6.45) is 3.66. The van der Waals surface area contributed by atoms with E-state index in [0.29, 0.717) is 12.2 Å². The lowest BCUT2D eigenvalue weighted by atomic mass is 9.83. The Hall–Kier alpha value is -2.01. The molecule has 0 bridgehead atoms. The van der Waals surface area contributed by atoms with Crippen molar-refractivity contribution in [3.8, 4) is 11.5 Å².